The summed E-state index contributed by atoms with van der Waals surface area (Å²) in [6.45, 7) is 4.08. The molecule has 0 bridgehead atoms. The maximum Gasteiger partial charge on any atom is 0.236 e. The molecule has 0 unspecified atom stereocenters. The highest BCUT2D eigenvalue weighted by Gasteiger charge is 2.39. The largest absolute Gasteiger partial charge is 0.317 e. The predicted molar refractivity (Wildman–Crippen MR) is 88.3 cm³/mol. The topological polar surface area (TPSA) is 58.2 Å². The monoisotopic (exact) mass is 322 g/mol. The molecule has 120 valence electrons. The highest BCUT2D eigenvalue weighted by atomic mass is 35.5. The van der Waals surface area contributed by atoms with E-state index in [1.165, 1.54) is 18.4 Å². The number of hydrogen-bond acceptors (Lipinski definition) is 3. The molecule has 2 aliphatic rings. The van der Waals surface area contributed by atoms with Crippen molar-refractivity contribution in [3.63, 3.8) is 0 Å². The number of carbonyl (C=O) groups is 2. The summed E-state index contributed by atoms with van der Waals surface area (Å²) in [4.78, 5) is 23.5. The van der Waals surface area contributed by atoms with Gasteiger partial charge in [0.2, 0.25) is 11.8 Å². The van der Waals surface area contributed by atoms with Crippen molar-refractivity contribution in [3.8, 4) is 0 Å². The van der Waals surface area contributed by atoms with Gasteiger partial charge in [-0.2, -0.15) is 0 Å². The standard InChI is InChI=1S/C17H22N2O2.ClH/c1-17(9-6-15(20)19-16(17)21)14-4-2-12(3-5-14)13-7-10-18-11-8-13;/h2-5,13,18H,6-11H2,1H3,(H,19,20,21);1H/t17-;/m1./s1. The van der Waals surface area contributed by atoms with Crippen molar-refractivity contribution in [2.24, 2.45) is 0 Å². The lowest BCUT2D eigenvalue weighted by atomic mass is 9.75. The minimum atomic E-state index is -0.583. The van der Waals surface area contributed by atoms with E-state index in [1.54, 1.807) is 0 Å². The van der Waals surface area contributed by atoms with Crippen molar-refractivity contribution in [2.75, 3.05) is 13.1 Å². The fourth-order valence-electron chi connectivity index (χ4n) is 3.36. The molecule has 5 heteroatoms. The first-order valence-electron chi connectivity index (χ1n) is 7.75. The molecular weight excluding hydrogens is 300 g/mol. The zero-order valence-corrected chi connectivity index (χ0v) is 13.7. The maximum atomic E-state index is 12.2. The van der Waals surface area contributed by atoms with E-state index in [1.807, 2.05) is 6.92 Å². The number of amides is 2. The van der Waals surface area contributed by atoms with Crippen LogP contribution in [-0.4, -0.2) is 24.9 Å². The SMILES string of the molecule is C[C@]1(c2ccc(C3CCNCC3)cc2)CCC(=O)NC1=O.Cl. The molecule has 22 heavy (non-hydrogen) atoms. The third-order valence-corrected chi connectivity index (χ3v) is 4.96. The fraction of sp³-hybridized carbons (Fsp3) is 0.529. The Morgan fingerprint density at radius 3 is 2.32 bits per heavy atom. The van der Waals surface area contributed by atoms with Crippen LogP contribution in [0, 0.1) is 0 Å². The van der Waals surface area contributed by atoms with E-state index >= 15 is 0 Å². The highest BCUT2D eigenvalue weighted by Crippen LogP contribution is 2.33. The fourth-order valence-corrected chi connectivity index (χ4v) is 3.36. The zero-order chi connectivity index (χ0) is 14.9. The Morgan fingerprint density at radius 1 is 1.09 bits per heavy atom. The summed E-state index contributed by atoms with van der Waals surface area (Å²) in [5.74, 6) is 0.284. The predicted octanol–water partition coefficient (Wildman–Crippen LogP) is 2.27. The molecule has 1 aromatic rings. The van der Waals surface area contributed by atoms with Gasteiger partial charge in [-0.05, 0) is 56.3 Å². The summed E-state index contributed by atoms with van der Waals surface area (Å²) in [7, 11) is 0. The second-order valence-corrected chi connectivity index (χ2v) is 6.36. The van der Waals surface area contributed by atoms with Crippen LogP contribution in [-0.2, 0) is 15.0 Å². The molecular formula is C17H23ClN2O2. The van der Waals surface area contributed by atoms with Gasteiger partial charge in [0.15, 0.2) is 0 Å². The van der Waals surface area contributed by atoms with E-state index in [0.717, 1.165) is 18.7 Å². The van der Waals surface area contributed by atoms with E-state index in [9.17, 15) is 9.59 Å². The lowest BCUT2D eigenvalue weighted by molar-refractivity contribution is -0.137. The summed E-state index contributed by atoms with van der Waals surface area (Å²) < 4.78 is 0. The van der Waals surface area contributed by atoms with E-state index in [-0.39, 0.29) is 24.2 Å². The Balaban J connectivity index is 0.00000176. The molecule has 0 saturated carbocycles. The van der Waals surface area contributed by atoms with Gasteiger partial charge in [-0.25, -0.2) is 0 Å². The zero-order valence-electron chi connectivity index (χ0n) is 12.9. The van der Waals surface area contributed by atoms with Crippen LogP contribution >= 0.6 is 12.4 Å². The van der Waals surface area contributed by atoms with Crippen LogP contribution in [0.4, 0.5) is 0 Å². The number of nitrogens with one attached hydrogen (secondary N) is 2. The molecule has 0 spiro atoms. The average Bonchev–Trinajstić information content (AvgIpc) is 2.52. The van der Waals surface area contributed by atoms with Crippen molar-refractivity contribution in [3.05, 3.63) is 35.4 Å². The van der Waals surface area contributed by atoms with Crippen LogP contribution < -0.4 is 10.6 Å². The first-order chi connectivity index (χ1) is 10.1. The van der Waals surface area contributed by atoms with Gasteiger partial charge >= 0.3 is 0 Å². The lowest BCUT2D eigenvalue weighted by Gasteiger charge is -2.32. The summed E-state index contributed by atoms with van der Waals surface area (Å²) in [6, 6.07) is 8.43. The molecule has 2 amide bonds. The average molecular weight is 323 g/mol. The third-order valence-electron chi connectivity index (χ3n) is 4.96. The van der Waals surface area contributed by atoms with Crippen LogP contribution in [0.25, 0.3) is 0 Å². The minimum absolute atomic E-state index is 0. The minimum Gasteiger partial charge on any atom is -0.317 e. The van der Waals surface area contributed by atoms with Crippen molar-refractivity contribution in [1.29, 1.82) is 0 Å². The molecule has 2 fully saturated rings. The molecule has 4 nitrogen and oxygen atoms in total. The van der Waals surface area contributed by atoms with E-state index in [2.05, 4.69) is 34.9 Å². The Bertz CT molecular complexity index is 552. The number of rotatable bonds is 2. The number of benzene rings is 1. The molecule has 2 aliphatic heterocycles. The number of carbonyl (C=O) groups excluding carboxylic acids is 2. The summed E-state index contributed by atoms with van der Waals surface area (Å²) >= 11 is 0. The molecule has 1 atom stereocenters. The van der Waals surface area contributed by atoms with E-state index in [0.29, 0.717) is 18.8 Å². The van der Waals surface area contributed by atoms with Gasteiger partial charge in [-0.3, -0.25) is 14.9 Å². The normalized spacial score (nSPS) is 26.2. The van der Waals surface area contributed by atoms with Crippen molar-refractivity contribution >= 4 is 24.2 Å². The van der Waals surface area contributed by atoms with Gasteiger partial charge in [0.1, 0.15) is 0 Å². The van der Waals surface area contributed by atoms with Crippen molar-refractivity contribution in [1.82, 2.24) is 10.6 Å². The number of imide groups is 1. The van der Waals surface area contributed by atoms with Gasteiger partial charge in [0.25, 0.3) is 0 Å². The number of halogens is 1. The molecule has 3 rings (SSSR count). The Morgan fingerprint density at radius 2 is 1.73 bits per heavy atom. The summed E-state index contributed by atoms with van der Waals surface area (Å²) in [5, 5.41) is 5.84. The molecule has 0 radical (unpaired) electrons. The smallest absolute Gasteiger partial charge is 0.236 e. The van der Waals surface area contributed by atoms with Gasteiger partial charge in [0.05, 0.1) is 5.41 Å². The Kier molecular flexibility index (Phi) is 5.24. The Labute approximate surface area is 137 Å². The number of hydrogen-bond donors (Lipinski definition) is 2. The molecule has 0 aromatic heterocycles. The van der Waals surface area contributed by atoms with Gasteiger partial charge in [-0.15, -0.1) is 12.4 Å². The second kappa shape index (κ2) is 6.80. The molecule has 2 heterocycles. The van der Waals surface area contributed by atoms with Gasteiger partial charge < -0.3 is 5.32 Å². The second-order valence-electron chi connectivity index (χ2n) is 6.36. The van der Waals surface area contributed by atoms with E-state index < -0.39 is 5.41 Å². The summed E-state index contributed by atoms with van der Waals surface area (Å²) in [5.41, 5.74) is 1.78. The Hall–Kier alpha value is -1.39. The van der Waals surface area contributed by atoms with Crippen molar-refractivity contribution < 1.29 is 9.59 Å². The van der Waals surface area contributed by atoms with Gasteiger partial charge in [-0.1, -0.05) is 24.3 Å². The van der Waals surface area contributed by atoms with E-state index in [4.69, 9.17) is 0 Å². The molecule has 1 aromatic carbocycles. The highest BCUT2D eigenvalue weighted by molar-refractivity contribution is 6.03. The molecule has 2 saturated heterocycles. The lowest BCUT2D eigenvalue weighted by Crippen LogP contribution is -2.49. The van der Waals surface area contributed by atoms with Crippen LogP contribution in [0.15, 0.2) is 24.3 Å². The van der Waals surface area contributed by atoms with Crippen LogP contribution in [0.3, 0.4) is 0 Å². The van der Waals surface area contributed by atoms with Crippen LogP contribution in [0.2, 0.25) is 0 Å². The van der Waals surface area contributed by atoms with Crippen LogP contribution in [0.5, 0.6) is 0 Å². The molecule has 0 aliphatic carbocycles. The van der Waals surface area contributed by atoms with Crippen molar-refractivity contribution in [2.45, 2.75) is 43.9 Å². The maximum absolute atomic E-state index is 12.2. The van der Waals surface area contributed by atoms with Gasteiger partial charge in [0, 0.05) is 6.42 Å². The quantitative estimate of drug-likeness (QED) is 0.821. The third kappa shape index (κ3) is 3.18. The first-order valence-corrected chi connectivity index (χ1v) is 7.75. The number of piperidine rings is 2. The summed E-state index contributed by atoms with van der Waals surface area (Å²) in [6.07, 6.45) is 3.35. The first kappa shape index (κ1) is 17.0. The van der Waals surface area contributed by atoms with Crippen LogP contribution in [0.1, 0.15) is 49.7 Å². The molecule has 2 N–H and O–H groups in total.